The zero-order chi connectivity index (χ0) is 16.6. The number of nitrogens with zero attached hydrogens (tertiary/aromatic N) is 1. The highest BCUT2D eigenvalue weighted by Gasteiger charge is 2.55. The van der Waals surface area contributed by atoms with Gasteiger partial charge in [-0.3, -0.25) is 9.59 Å². The van der Waals surface area contributed by atoms with E-state index in [4.69, 9.17) is 4.74 Å². The lowest BCUT2D eigenvalue weighted by atomic mass is 9.87. The molecule has 1 heterocycles. The molecule has 5 heteroatoms. The van der Waals surface area contributed by atoms with Gasteiger partial charge >= 0.3 is 5.97 Å². The first-order valence-electron chi connectivity index (χ1n) is 8.13. The fourth-order valence-corrected chi connectivity index (χ4v) is 3.76. The van der Waals surface area contributed by atoms with Crippen LogP contribution in [0.1, 0.15) is 31.7 Å². The van der Waals surface area contributed by atoms with Crippen molar-refractivity contribution < 1.29 is 19.4 Å². The Bertz CT molecular complexity index is 623. The van der Waals surface area contributed by atoms with E-state index in [1.165, 1.54) is 0 Å². The van der Waals surface area contributed by atoms with Gasteiger partial charge in [0.05, 0.1) is 18.4 Å². The molecular formula is C18H23NO4. The van der Waals surface area contributed by atoms with Crippen LogP contribution in [-0.2, 0) is 15.0 Å². The maximum atomic E-state index is 13.1. The number of benzene rings is 1. The number of carboxylic acid groups (broad SMARTS) is 1. The number of aliphatic carboxylic acids is 1. The van der Waals surface area contributed by atoms with Gasteiger partial charge in [0.25, 0.3) is 0 Å². The number of hydrogen-bond acceptors (Lipinski definition) is 3. The number of carboxylic acids is 1. The molecule has 23 heavy (non-hydrogen) atoms. The third kappa shape index (κ3) is 2.80. The molecule has 0 aromatic heterocycles. The fourth-order valence-electron chi connectivity index (χ4n) is 3.76. The van der Waals surface area contributed by atoms with Crippen LogP contribution in [0.25, 0.3) is 0 Å². The summed E-state index contributed by atoms with van der Waals surface area (Å²) >= 11 is 0. The summed E-state index contributed by atoms with van der Waals surface area (Å²) in [7, 11) is 1.61. The van der Waals surface area contributed by atoms with E-state index >= 15 is 0 Å². The van der Waals surface area contributed by atoms with Crippen LogP contribution in [-0.4, -0.2) is 42.1 Å². The van der Waals surface area contributed by atoms with E-state index in [0.29, 0.717) is 19.5 Å². The quantitative estimate of drug-likeness (QED) is 0.925. The summed E-state index contributed by atoms with van der Waals surface area (Å²) in [5, 5.41) is 9.32. The van der Waals surface area contributed by atoms with Crippen LogP contribution in [0, 0.1) is 11.8 Å². The van der Waals surface area contributed by atoms with E-state index in [9.17, 15) is 14.7 Å². The Morgan fingerprint density at radius 1 is 1.26 bits per heavy atom. The van der Waals surface area contributed by atoms with Crippen molar-refractivity contribution in [3.8, 4) is 5.75 Å². The van der Waals surface area contributed by atoms with Crippen molar-refractivity contribution in [2.45, 2.75) is 31.6 Å². The molecule has 3 rings (SSSR count). The van der Waals surface area contributed by atoms with E-state index in [1.807, 2.05) is 31.2 Å². The maximum Gasteiger partial charge on any atom is 0.308 e. The summed E-state index contributed by atoms with van der Waals surface area (Å²) in [5.41, 5.74) is 0.407. The molecule has 1 aliphatic carbocycles. The molecule has 1 saturated heterocycles. The summed E-state index contributed by atoms with van der Waals surface area (Å²) in [6, 6.07) is 7.64. The lowest BCUT2D eigenvalue weighted by molar-refractivity contribution is -0.147. The molecule has 2 aliphatic rings. The first kappa shape index (κ1) is 15.8. The highest BCUT2D eigenvalue weighted by Crippen LogP contribution is 2.52. The van der Waals surface area contributed by atoms with Crippen molar-refractivity contribution in [2.24, 2.45) is 11.8 Å². The number of methoxy groups -OCH3 is 1. The highest BCUT2D eigenvalue weighted by molar-refractivity contribution is 5.92. The maximum absolute atomic E-state index is 13.1. The molecule has 1 N–H and O–H groups in total. The molecule has 2 fully saturated rings. The Hall–Kier alpha value is -2.04. The number of piperidine rings is 1. The van der Waals surface area contributed by atoms with Gasteiger partial charge in [0, 0.05) is 18.7 Å². The zero-order valence-corrected chi connectivity index (χ0v) is 13.6. The van der Waals surface area contributed by atoms with Crippen LogP contribution in [0.4, 0.5) is 0 Å². The van der Waals surface area contributed by atoms with Crippen LogP contribution in [0.5, 0.6) is 5.75 Å². The lowest BCUT2D eigenvalue weighted by Crippen LogP contribution is -2.49. The Labute approximate surface area is 136 Å². The SMILES string of the molecule is COc1ccccc1C1(C(=O)N2CC(C)CC(C(=O)O)C2)CC1. The minimum atomic E-state index is -0.809. The number of para-hydroxylation sites is 1. The van der Waals surface area contributed by atoms with Gasteiger partial charge in [-0.15, -0.1) is 0 Å². The molecule has 5 nitrogen and oxygen atoms in total. The molecule has 1 aromatic rings. The van der Waals surface area contributed by atoms with E-state index in [1.54, 1.807) is 12.0 Å². The fraction of sp³-hybridized carbons (Fsp3) is 0.556. The Morgan fingerprint density at radius 2 is 1.96 bits per heavy atom. The predicted molar refractivity (Wildman–Crippen MR) is 85.4 cm³/mol. The minimum Gasteiger partial charge on any atom is -0.496 e. The minimum absolute atomic E-state index is 0.0554. The lowest BCUT2D eigenvalue weighted by Gasteiger charge is -2.37. The molecule has 2 unspecified atom stereocenters. The van der Waals surface area contributed by atoms with Crippen molar-refractivity contribution in [3.05, 3.63) is 29.8 Å². The largest absolute Gasteiger partial charge is 0.496 e. The summed E-state index contributed by atoms with van der Waals surface area (Å²) in [4.78, 5) is 26.2. The summed E-state index contributed by atoms with van der Waals surface area (Å²) in [6.07, 6.45) is 2.24. The third-order valence-corrected chi connectivity index (χ3v) is 5.08. The molecule has 2 atom stereocenters. The number of hydrogen-bond donors (Lipinski definition) is 1. The van der Waals surface area contributed by atoms with E-state index in [2.05, 4.69) is 0 Å². The molecule has 0 bridgehead atoms. The Kier molecular flexibility index (Phi) is 4.04. The number of carbonyl (C=O) groups excluding carboxylic acids is 1. The van der Waals surface area contributed by atoms with Gasteiger partial charge in [0.1, 0.15) is 5.75 Å². The van der Waals surface area contributed by atoms with Gasteiger partial charge in [-0.25, -0.2) is 0 Å². The van der Waals surface area contributed by atoms with Crippen molar-refractivity contribution >= 4 is 11.9 Å². The number of ether oxygens (including phenoxy) is 1. The van der Waals surface area contributed by atoms with Gasteiger partial charge in [0.15, 0.2) is 0 Å². The zero-order valence-electron chi connectivity index (χ0n) is 13.6. The van der Waals surface area contributed by atoms with Gasteiger partial charge in [-0.2, -0.15) is 0 Å². The van der Waals surface area contributed by atoms with E-state index in [-0.39, 0.29) is 11.8 Å². The molecule has 1 saturated carbocycles. The monoisotopic (exact) mass is 317 g/mol. The molecule has 1 aromatic carbocycles. The molecular weight excluding hydrogens is 294 g/mol. The first-order chi connectivity index (χ1) is 11.0. The second-order valence-electron chi connectivity index (χ2n) is 6.87. The molecule has 1 amide bonds. The first-order valence-corrected chi connectivity index (χ1v) is 8.13. The van der Waals surface area contributed by atoms with Crippen molar-refractivity contribution in [3.63, 3.8) is 0 Å². The number of rotatable bonds is 4. The van der Waals surface area contributed by atoms with Crippen LogP contribution >= 0.6 is 0 Å². The number of amides is 1. The molecule has 124 valence electrons. The smallest absolute Gasteiger partial charge is 0.308 e. The molecule has 0 spiro atoms. The number of carbonyl (C=O) groups is 2. The van der Waals surface area contributed by atoms with E-state index < -0.39 is 17.3 Å². The van der Waals surface area contributed by atoms with E-state index in [0.717, 1.165) is 24.2 Å². The van der Waals surface area contributed by atoms with Gasteiger partial charge in [0.2, 0.25) is 5.91 Å². The summed E-state index contributed by atoms with van der Waals surface area (Å²) < 4.78 is 5.42. The summed E-state index contributed by atoms with van der Waals surface area (Å²) in [6.45, 7) is 2.97. The second-order valence-corrected chi connectivity index (χ2v) is 6.87. The second kappa shape index (κ2) is 5.87. The third-order valence-electron chi connectivity index (χ3n) is 5.08. The topological polar surface area (TPSA) is 66.8 Å². The standard InChI is InChI=1S/C18H23NO4/c1-12-9-13(16(20)21)11-19(10-12)17(22)18(7-8-18)14-5-3-4-6-15(14)23-2/h3-6,12-13H,7-11H2,1-2H3,(H,20,21). The van der Waals surface area contributed by atoms with Gasteiger partial charge in [-0.05, 0) is 31.2 Å². The molecule has 1 aliphatic heterocycles. The van der Waals surface area contributed by atoms with Crippen molar-refractivity contribution in [2.75, 3.05) is 20.2 Å². The Morgan fingerprint density at radius 3 is 2.57 bits per heavy atom. The van der Waals surface area contributed by atoms with Gasteiger partial charge < -0.3 is 14.7 Å². The van der Waals surface area contributed by atoms with Crippen LogP contribution in [0.2, 0.25) is 0 Å². The normalized spacial score (nSPS) is 25.7. The predicted octanol–water partition coefficient (Wildman–Crippen LogP) is 2.30. The average molecular weight is 317 g/mol. The summed E-state index contributed by atoms with van der Waals surface area (Å²) in [5.74, 6) is -0.270. The van der Waals surface area contributed by atoms with Crippen LogP contribution < -0.4 is 4.74 Å². The average Bonchev–Trinajstić information content (AvgIpc) is 3.35. The Balaban J connectivity index is 1.86. The molecule has 0 radical (unpaired) electrons. The van der Waals surface area contributed by atoms with Crippen LogP contribution in [0.3, 0.4) is 0 Å². The van der Waals surface area contributed by atoms with Crippen molar-refractivity contribution in [1.82, 2.24) is 4.90 Å². The number of likely N-dealkylation sites (tertiary alicyclic amines) is 1. The van der Waals surface area contributed by atoms with Crippen LogP contribution in [0.15, 0.2) is 24.3 Å². The van der Waals surface area contributed by atoms with Gasteiger partial charge in [-0.1, -0.05) is 25.1 Å². The highest BCUT2D eigenvalue weighted by atomic mass is 16.5. The van der Waals surface area contributed by atoms with Crippen molar-refractivity contribution in [1.29, 1.82) is 0 Å².